The molecule has 1 heterocycles. The molecule has 1 atom stereocenters. The fraction of sp³-hybridized carbons (Fsp3) is 0.438. The Morgan fingerprint density at radius 3 is 2.47 bits per heavy atom. The third-order valence-corrected chi connectivity index (χ3v) is 3.90. The molecule has 0 saturated carbocycles. The van der Waals surface area contributed by atoms with Crippen molar-refractivity contribution in [2.24, 2.45) is 7.05 Å². The lowest BCUT2D eigenvalue weighted by Gasteiger charge is -2.16. The number of benzene rings is 1. The van der Waals surface area contributed by atoms with E-state index in [1.807, 2.05) is 11.7 Å². The van der Waals surface area contributed by atoms with Crippen molar-refractivity contribution in [3.63, 3.8) is 0 Å². The summed E-state index contributed by atoms with van der Waals surface area (Å²) in [7, 11) is 2.00. The highest BCUT2D eigenvalue weighted by molar-refractivity contribution is 5.29. The molecule has 0 spiro atoms. The molecule has 0 radical (unpaired) electrons. The quantitative estimate of drug-likeness (QED) is 0.911. The Labute approximate surface area is 115 Å². The molecular formula is C16H23N3. The minimum Gasteiger partial charge on any atom is -0.306 e. The molecule has 3 nitrogen and oxygen atoms in total. The van der Waals surface area contributed by atoms with Crippen LogP contribution in [-0.4, -0.2) is 9.78 Å². The van der Waals surface area contributed by atoms with Crippen LogP contribution in [0, 0.1) is 20.8 Å². The SMILES string of the molecule is Cc1ccccc1[C@H](C)NCc1c(C)nn(C)c1C. The number of aryl methyl sites for hydroxylation is 3. The van der Waals surface area contributed by atoms with Crippen LogP contribution < -0.4 is 5.32 Å². The lowest BCUT2D eigenvalue weighted by molar-refractivity contribution is 0.569. The van der Waals surface area contributed by atoms with Crippen LogP contribution in [0.1, 0.15) is 41.0 Å². The van der Waals surface area contributed by atoms with Gasteiger partial charge in [0, 0.05) is 30.9 Å². The van der Waals surface area contributed by atoms with Crippen LogP contribution in [0.25, 0.3) is 0 Å². The van der Waals surface area contributed by atoms with E-state index < -0.39 is 0 Å². The maximum Gasteiger partial charge on any atom is 0.0641 e. The first-order chi connectivity index (χ1) is 9.00. The van der Waals surface area contributed by atoms with Gasteiger partial charge in [0.15, 0.2) is 0 Å². The number of aromatic nitrogens is 2. The number of hydrogen-bond donors (Lipinski definition) is 1. The standard InChI is InChI=1S/C16H23N3/c1-11-8-6-7-9-15(11)12(2)17-10-16-13(3)18-19(5)14(16)4/h6-9,12,17H,10H2,1-5H3/t12-/m0/s1. The van der Waals surface area contributed by atoms with E-state index in [0.29, 0.717) is 6.04 Å². The first-order valence-corrected chi connectivity index (χ1v) is 6.78. The van der Waals surface area contributed by atoms with E-state index in [4.69, 9.17) is 0 Å². The summed E-state index contributed by atoms with van der Waals surface area (Å²) in [6.07, 6.45) is 0. The molecule has 0 bridgehead atoms. The Morgan fingerprint density at radius 1 is 1.21 bits per heavy atom. The zero-order valence-electron chi connectivity index (χ0n) is 12.5. The van der Waals surface area contributed by atoms with Gasteiger partial charge in [0.25, 0.3) is 0 Å². The van der Waals surface area contributed by atoms with Gasteiger partial charge in [0.1, 0.15) is 0 Å². The van der Waals surface area contributed by atoms with Gasteiger partial charge in [-0.15, -0.1) is 0 Å². The normalized spacial score (nSPS) is 12.7. The van der Waals surface area contributed by atoms with E-state index in [1.165, 1.54) is 22.4 Å². The van der Waals surface area contributed by atoms with Gasteiger partial charge in [0.2, 0.25) is 0 Å². The summed E-state index contributed by atoms with van der Waals surface area (Å²) >= 11 is 0. The van der Waals surface area contributed by atoms with E-state index in [9.17, 15) is 0 Å². The lowest BCUT2D eigenvalue weighted by atomic mass is 10.0. The Morgan fingerprint density at radius 2 is 1.89 bits per heavy atom. The summed E-state index contributed by atoms with van der Waals surface area (Å²) in [6, 6.07) is 8.88. The number of rotatable bonds is 4. The van der Waals surface area contributed by atoms with Crippen molar-refractivity contribution >= 4 is 0 Å². The molecular weight excluding hydrogens is 234 g/mol. The largest absolute Gasteiger partial charge is 0.306 e. The third-order valence-electron chi connectivity index (χ3n) is 3.90. The summed E-state index contributed by atoms with van der Waals surface area (Å²) in [6.45, 7) is 9.43. The second-order valence-corrected chi connectivity index (χ2v) is 5.23. The van der Waals surface area contributed by atoms with E-state index in [1.54, 1.807) is 0 Å². The molecule has 0 aliphatic rings. The molecule has 0 amide bonds. The Kier molecular flexibility index (Phi) is 4.05. The number of hydrogen-bond acceptors (Lipinski definition) is 2. The fourth-order valence-electron chi connectivity index (χ4n) is 2.51. The van der Waals surface area contributed by atoms with Crippen molar-refractivity contribution in [1.29, 1.82) is 0 Å². The van der Waals surface area contributed by atoms with Gasteiger partial charge in [-0.25, -0.2) is 0 Å². The van der Waals surface area contributed by atoms with E-state index in [2.05, 4.69) is 62.4 Å². The monoisotopic (exact) mass is 257 g/mol. The highest BCUT2D eigenvalue weighted by Crippen LogP contribution is 2.18. The maximum atomic E-state index is 4.46. The van der Waals surface area contributed by atoms with Crippen LogP contribution in [0.4, 0.5) is 0 Å². The van der Waals surface area contributed by atoms with Crippen molar-refractivity contribution in [2.75, 3.05) is 0 Å². The van der Waals surface area contributed by atoms with Gasteiger partial charge >= 0.3 is 0 Å². The van der Waals surface area contributed by atoms with Gasteiger partial charge in [-0.05, 0) is 38.8 Å². The van der Waals surface area contributed by atoms with Crippen molar-refractivity contribution in [3.05, 3.63) is 52.3 Å². The second-order valence-electron chi connectivity index (χ2n) is 5.23. The topological polar surface area (TPSA) is 29.9 Å². The molecule has 102 valence electrons. The highest BCUT2D eigenvalue weighted by atomic mass is 15.3. The molecule has 2 rings (SSSR count). The molecule has 3 heteroatoms. The van der Waals surface area contributed by atoms with Crippen molar-refractivity contribution in [3.8, 4) is 0 Å². The predicted molar refractivity (Wildman–Crippen MR) is 79.1 cm³/mol. The molecule has 1 N–H and O–H groups in total. The van der Waals surface area contributed by atoms with Gasteiger partial charge in [-0.1, -0.05) is 24.3 Å². The van der Waals surface area contributed by atoms with Crippen molar-refractivity contribution in [1.82, 2.24) is 15.1 Å². The van der Waals surface area contributed by atoms with Crippen LogP contribution in [0.3, 0.4) is 0 Å². The molecule has 0 aliphatic carbocycles. The molecule has 0 aliphatic heterocycles. The van der Waals surface area contributed by atoms with Crippen molar-refractivity contribution < 1.29 is 0 Å². The Hall–Kier alpha value is -1.61. The molecule has 0 unspecified atom stereocenters. The Bertz CT molecular complexity index is 569. The van der Waals surface area contributed by atoms with Crippen LogP contribution in [0.5, 0.6) is 0 Å². The number of nitrogens with zero attached hydrogens (tertiary/aromatic N) is 2. The van der Waals surface area contributed by atoms with E-state index in [-0.39, 0.29) is 0 Å². The average molecular weight is 257 g/mol. The predicted octanol–water partition coefficient (Wildman–Crippen LogP) is 3.20. The summed E-state index contributed by atoms with van der Waals surface area (Å²) in [4.78, 5) is 0. The molecule has 2 aromatic rings. The molecule has 0 fully saturated rings. The minimum absolute atomic E-state index is 0.347. The number of nitrogens with one attached hydrogen (secondary N) is 1. The van der Waals surface area contributed by atoms with Crippen LogP contribution in [-0.2, 0) is 13.6 Å². The molecule has 1 aromatic heterocycles. The van der Waals surface area contributed by atoms with Gasteiger partial charge in [-0.3, -0.25) is 4.68 Å². The van der Waals surface area contributed by atoms with Gasteiger partial charge < -0.3 is 5.32 Å². The van der Waals surface area contributed by atoms with Crippen molar-refractivity contribution in [2.45, 2.75) is 40.3 Å². The minimum atomic E-state index is 0.347. The highest BCUT2D eigenvalue weighted by Gasteiger charge is 2.12. The first kappa shape index (κ1) is 13.8. The molecule has 19 heavy (non-hydrogen) atoms. The van der Waals surface area contributed by atoms with Gasteiger partial charge in [0.05, 0.1) is 5.69 Å². The zero-order valence-corrected chi connectivity index (χ0v) is 12.5. The van der Waals surface area contributed by atoms with E-state index >= 15 is 0 Å². The van der Waals surface area contributed by atoms with Gasteiger partial charge in [-0.2, -0.15) is 5.10 Å². The lowest BCUT2D eigenvalue weighted by Crippen LogP contribution is -2.19. The Balaban J connectivity index is 2.09. The van der Waals surface area contributed by atoms with Crippen LogP contribution in [0.15, 0.2) is 24.3 Å². The third kappa shape index (κ3) is 2.87. The fourth-order valence-corrected chi connectivity index (χ4v) is 2.51. The summed E-state index contributed by atoms with van der Waals surface area (Å²) in [5, 5.41) is 8.05. The second kappa shape index (κ2) is 5.57. The smallest absolute Gasteiger partial charge is 0.0641 e. The summed E-state index contributed by atoms with van der Waals surface area (Å²) < 4.78 is 1.95. The van der Waals surface area contributed by atoms with E-state index in [0.717, 1.165) is 12.2 Å². The average Bonchev–Trinajstić information content (AvgIpc) is 2.61. The molecule has 1 aromatic carbocycles. The summed E-state index contributed by atoms with van der Waals surface area (Å²) in [5.74, 6) is 0. The van der Waals surface area contributed by atoms with Crippen LogP contribution >= 0.6 is 0 Å². The molecule has 0 saturated heterocycles. The maximum absolute atomic E-state index is 4.46. The first-order valence-electron chi connectivity index (χ1n) is 6.78. The zero-order chi connectivity index (χ0) is 14.0. The summed E-state index contributed by atoms with van der Waals surface area (Å²) in [5.41, 5.74) is 6.36. The van der Waals surface area contributed by atoms with Crippen LogP contribution in [0.2, 0.25) is 0 Å².